The molecule has 4 heterocycles. The highest BCUT2D eigenvalue weighted by atomic mass is 16.5. The third-order valence-corrected chi connectivity index (χ3v) is 4.95. The maximum absolute atomic E-state index is 12.6. The lowest BCUT2D eigenvalue weighted by atomic mass is 10.1. The number of anilines is 1. The van der Waals surface area contributed by atoms with E-state index in [4.69, 9.17) is 9.26 Å². The Morgan fingerprint density at radius 2 is 2.07 bits per heavy atom. The van der Waals surface area contributed by atoms with Crippen molar-refractivity contribution in [2.45, 2.75) is 33.4 Å². The van der Waals surface area contributed by atoms with Crippen LogP contribution in [0.3, 0.4) is 0 Å². The molecule has 28 heavy (non-hydrogen) atoms. The van der Waals surface area contributed by atoms with E-state index in [0.29, 0.717) is 24.6 Å². The summed E-state index contributed by atoms with van der Waals surface area (Å²) in [5.41, 5.74) is 3.95. The van der Waals surface area contributed by atoms with Crippen molar-refractivity contribution < 1.29 is 9.26 Å². The van der Waals surface area contributed by atoms with Crippen molar-refractivity contribution in [3.63, 3.8) is 0 Å². The number of pyridine rings is 1. The van der Waals surface area contributed by atoms with Crippen LogP contribution >= 0.6 is 0 Å². The zero-order valence-electron chi connectivity index (χ0n) is 16.3. The predicted molar refractivity (Wildman–Crippen MR) is 104 cm³/mol. The summed E-state index contributed by atoms with van der Waals surface area (Å²) in [4.78, 5) is 19.0. The van der Waals surface area contributed by atoms with Gasteiger partial charge in [0.05, 0.1) is 24.5 Å². The Bertz CT molecular complexity index is 1020. The lowest BCUT2D eigenvalue weighted by Gasteiger charge is -2.40. The molecule has 3 aromatic heterocycles. The molecule has 0 bridgehead atoms. The van der Waals surface area contributed by atoms with Gasteiger partial charge in [0.2, 0.25) is 0 Å². The van der Waals surface area contributed by atoms with Gasteiger partial charge in [-0.2, -0.15) is 5.10 Å². The third kappa shape index (κ3) is 3.55. The summed E-state index contributed by atoms with van der Waals surface area (Å²) in [6.45, 7) is 8.31. The van der Waals surface area contributed by atoms with Crippen LogP contribution in [0.25, 0.3) is 11.3 Å². The predicted octanol–water partition coefficient (Wildman–Crippen LogP) is 2.18. The van der Waals surface area contributed by atoms with Crippen LogP contribution in [-0.4, -0.2) is 45.7 Å². The van der Waals surface area contributed by atoms with E-state index >= 15 is 0 Å². The van der Waals surface area contributed by atoms with Crippen molar-refractivity contribution in [1.29, 1.82) is 0 Å². The highest BCUT2D eigenvalue weighted by Crippen LogP contribution is 2.25. The first-order valence-electron chi connectivity index (χ1n) is 9.37. The molecular formula is C20H23N5O3. The molecule has 1 aliphatic heterocycles. The van der Waals surface area contributed by atoms with Gasteiger partial charge in [-0.15, -0.1) is 0 Å². The standard InChI is InChI=1S/C20H23N5O3/c1-4-27-17-10-24(11-17)16-7-19(26)25(22-9-16)12-18-14(3)28-23-20(18)15-6-5-13(2)21-8-15/h5-9,17H,4,10-12H2,1-3H3. The monoisotopic (exact) mass is 381 g/mol. The van der Waals surface area contributed by atoms with Gasteiger partial charge in [0.15, 0.2) is 0 Å². The summed E-state index contributed by atoms with van der Waals surface area (Å²) in [7, 11) is 0. The maximum atomic E-state index is 12.6. The van der Waals surface area contributed by atoms with Crippen molar-refractivity contribution in [2.24, 2.45) is 0 Å². The SMILES string of the molecule is CCOC1CN(c2cnn(Cc3c(-c4ccc(C)nc4)noc3C)c(=O)c2)C1. The van der Waals surface area contributed by atoms with Gasteiger partial charge < -0.3 is 14.2 Å². The van der Waals surface area contributed by atoms with Crippen LogP contribution in [0.5, 0.6) is 0 Å². The smallest absolute Gasteiger partial charge is 0.269 e. The Morgan fingerprint density at radius 1 is 1.25 bits per heavy atom. The van der Waals surface area contributed by atoms with Crippen molar-refractivity contribution in [3.8, 4) is 11.3 Å². The quantitative estimate of drug-likeness (QED) is 0.647. The first kappa shape index (κ1) is 18.4. The van der Waals surface area contributed by atoms with E-state index in [0.717, 1.165) is 35.6 Å². The Morgan fingerprint density at radius 3 is 2.75 bits per heavy atom. The Balaban J connectivity index is 1.55. The van der Waals surface area contributed by atoms with Crippen LogP contribution in [0.1, 0.15) is 23.9 Å². The number of aryl methyl sites for hydroxylation is 2. The second-order valence-corrected chi connectivity index (χ2v) is 6.95. The molecule has 1 aliphatic rings. The number of nitrogens with zero attached hydrogens (tertiary/aromatic N) is 5. The topological polar surface area (TPSA) is 86.3 Å². The van der Waals surface area contributed by atoms with Crippen LogP contribution in [0, 0.1) is 13.8 Å². The normalized spacial score (nSPS) is 14.3. The van der Waals surface area contributed by atoms with Crippen LogP contribution in [-0.2, 0) is 11.3 Å². The number of rotatable bonds is 6. The molecule has 0 N–H and O–H groups in total. The van der Waals surface area contributed by atoms with E-state index in [1.165, 1.54) is 4.68 Å². The number of ether oxygens (including phenoxy) is 1. The fraction of sp³-hybridized carbons (Fsp3) is 0.400. The average molecular weight is 381 g/mol. The fourth-order valence-corrected chi connectivity index (χ4v) is 3.27. The van der Waals surface area contributed by atoms with Crippen molar-refractivity contribution in [3.05, 3.63) is 58.0 Å². The maximum Gasteiger partial charge on any atom is 0.269 e. The molecule has 0 amide bonds. The van der Waals surface area contributed by atoms with E-state index in [9.17, 15) is 4.79 Å². The minimum atomic E-state index is -0.161. The third-order valence-electron chi connectivity index (χ3n) is 4.95. The van der Waals surface area contributed by atoms with Crippen LogP contribution < -0.4 is 10.5 Å². The van der Waals surface area contributed by atoms with E-state index in [1.807, 2.05) is 32.9 Å². The van der Waals surface area contributed by atoms with E-state index in [-0.39, 0.29) is 11.7 Å². The molecule has 3 aromatic rings. The molecule has 0 aromatic carbocycles. The first-order valence-corrected chi connectivity index (χ1v) is 9.37. The molecule has 1 fully saturated rings. The zero-order valence-corrected chi connectivity index (χ0v) is 16.3. The first-order chi connectivity index (χ1) is 13.5. The molecule has 0 atom stereocenters. The van der Waals surface area contributed by atoms with Crippen LogP contribution in [0.2, 0.25) is 0 Å². The largest absolute Gasteiger partial charge is 0.375 e. The molecule has 8 nitrogen and oxygen atoms in total. The van der Waals surface area contributed by atoms with E-state index < -0.39 is 0 Å². The van der Waals surface area contributed by atoms with Crippen molar-refractivity contribution in [2.75, 3.05) is 24.6 Å². The zero-order chi connectivity index (χ0) is 19.7. The molecule has 0 unspecified atom stereocenters. The van der Waals surface area contributed by atoms with Crippen LogP contribution in [0.4, 0.5) is 5.69 Å². The minimum absolute atomic E-state index is 0.161. The van der Waals surface area contributed by atoms with Gasteiger partial charge in [-0.1, -0.05) is 5.16 Å². The summed E-state index contributed by atoms with van der Waals surface area (Å²) in [5.74, 6) is 0.663. The van der Waals surface area contributed by atoms with Gasteiger partial charge in [0, 0.05) is 48.8 Å². The summed E-state index contributed by atoms with van der Waals surface area (Å²) in [6, 6.07) is 5.48. The molecule has 8 heteroatoms. The van der Waals surface area contributed by atoms with Gasteiger partial charge in [0.1, 0.15) is 11.5 Å². The summed E-state index contributed by atoms with van der Waals surface area (Å²) in [5, 5.41) is 8.51. The Labute approximate surface area is 162 Å². The molecule has 1 saturated heterocycles. The van der Waals surface area contributed by atoms with Gasteiger partial charge in [0.25, 0.3) is 5.56 Å². The average Bonchev–Trinajstić information content (AvgIpc) is 3.01. The molecule has 0 aliphatic carbocycles. The van der Waals surface area contributed by atoms with Crippen molar-refractivity contribution >= 4 is 5.69 Å². The number of hydrogen-bond donors (Lipinski definition) is 0. The molecule has 4 rings (SSSR count). The number of hydrogen-bond acceptors (Lipinski definition) is 7. The van der Waals surface area contributed by atoms with Crippen LogP contribution in [0.15, 0.2) is 39.9 Å². The highest BCUT2D eigenvalue weighted by Gasteiger charge is 2.28. The summed E-state index contributed by atoms with van der Waals surface area (Å²) < 4.78 is 12.4. The number of aromatic nitrogens is 4. The van der Waals surface area contributed by atoms with E-state index in [1.54, 1.807) is 18.5 Å². The second-order valence-electron chi connectivity index (χ2n) is 6.95. The van der Waals surface area contributed by atoms with E-state index in [2.05, 4.69) is 20.1 Å². The second kappa shape index (κ2) is 7.55. The minimum Gasteiger partial charge on any atom is -0.375 e. The lowest BCUT2D eigenvalue weighted by Crippen LogP contribution is -2.52. The van der Waals surface area contributed by atoms with Crippen molar-refractivity contribution in [1.82, 2.24) is 19.9 Å². The highest BCUT2D eigenvalue weighted by molar-refractivity contribution is 5.62. The summed E-state index contributed by atoms with van der Waals surface area (Å²) >= 11 is 0. The molecule has 0 radical (unpaired) electrons. The summed E-state index contributed by atoms with van der Waals surface area (Å²) in [6.07, 6.45) is 3.71. The van der Waals surface area contributed by atoms with Gasteiger partial charge >= 0.3 is 0 Å². The fourth-order valence-electron chi connectivity index (χ4n) is 3.27. The Hall–Kier alpha value is -3.00. The molecular weight excluding hydrogens is 358 g/mol. The Kier molecular flexibility index (Phi) is 4.95. The van der Waals surface area contributed by atoms with Gasteiger partial charge in [-0.25, -0.2) is 4.68 Å². The van der Waals surface area contributed by atoms with Gasteiger partial charge in [-0.3, -0.25) is 9.78 Å². The lowest BCUT2D eigenvalue weighted by molar-refractivity contribution is 0.0430. The molecule has 146 valence electrons. The molecule has 0 saturated carbocycles. The molecule has 0 spiro atoms. The van der Waals surface area contributed by atoms with Gasteiger partial charge in [-0.05, 0) is 32.9 Å².